The fourth-order valence-electron chi connectivity index (χ4n) is 1.50. The third kappa shape index (κ3) is 2.03. The summed E-state index contributed by atoms with van der Waals surface area (Å²) in [5.41, 5.74) is 2.99. The second-order valence-electron chi connectivity index (χ2n) is 3.87. The van der Waals surface area contributed by atoms with Crippen molar-refractivity contribution in [1.82, 2.24) is 19.5 Å². The molecule has 0 bridgehead atoms. The maximum absolute atomic E-state index is 4.38. The Bertz CT molecular complexity index is 489. The Morgan fingerprint density at radius 1 is 1.47 bits per heavy atom. The van der Waals surface area contributed by atoms with Crippen LogP contribution in [0.1, 0.15) is 11.3 Å². The average molecular weight is 269 g/mol. The molecule has 0 fully saturated rings. The quantitative estimate of drug-likeness (QED) is 0.834. The molecule has 4 nitrogen and oxygen atoms in total. The van der Waals surface area contributed by atoms with Gasteiger partial charge in [-0.2, -0.15) is 5.10 Å². The minimum absolute atomic E-state index is 0.870. The highest BCUT2D eigenvalue weighted by atomic mass is 79.9. The first kappa shape index (κ1) is 10.6. The van der Waals surface area contributed by atoms with Gasteiger partial charge in [0.05, 0.1) is 10.2 Å². The zero-order valence-electron chi connectivity index (χ0n) is 9.03. The van der Waals surface area contributed by atoms with Crippen molar-refractivity contribution in [1.29, 1.82) is 0 Å². The lowest BCUT2D eigenvalue weighted by Crippen LogP contribution is -2.11. The van der Waals surface area contributed by atoms with Crippen LogP contribution in [-0.4, -0.2) is 33.6 Å². The molecule has 0 atom stereocenters. The lowest BCUT2D eigenvalue weighted by Gasteiger charge is -2.08. The SMILES string of the molecule is Cc1nn2cc(CN(C)C)cnc2c1Br. The molecular formula is C10H13BrN4. The maximum atomic E-state index is 4.38. The van der Waals surface area contributed by atoms with Crippen LogP contribution in [0.15, 0.2) is 16.9 Å². The number of fused-ring (bicyclic) bond motifs is 1. The van der Waals surface area contributed by atoms with Gasteiger partial charge in [-0.1, -0.05) is 0 Å². The van der Waals surface area contributed by atoms with Gasteiger partial charge < -0.3 is 4.90 Å². The van der Waals surface area contributed by atoms with Crippen molar-refractivity contribution < 1.29 is 0 Å². The highest BCUT2D eigenvalue weighted by Crippen LogP contribution is 2.20. The number of halogens is 1. The van der Waals surface area contributed by atoms with Gasteiger partial charge in [0.1, 0.15) is 0 Å². The topological polar surface area (TPSA) is 33.4 Å². The fourth-order valence-corrected chi connectivity index (χ4v) is 1.87. The van der Waals surface area contributed by atoms with E-state index in [2.05, 4.69) is 30.9 Å². The smallest absolute Gasteiger partial charge is 0.169 e. The zero-order valence-corrected chi connectivity index (χ0v) is 10.6. The first-order valence-electron chi connectivity index (χ1n) is 4.72. The molecule has 2 aromatic rings. The normalized spacial score (nSPS) is 11.5. The summed E-state index contributed by atoms with van der Waals surface area (Å²) in [5.74, 6) is 0. The van der Waals surface area contributed by atoms with Crippen molar-refractivity contribution >= 4 is 21.6 Å². The number of aryl methyl sites for hydroxylation is 1. The summed E-state index contributed by atoms with van der Waals surface area (Å²) in [4.78, 5) is 6.49. The molecule has 0 spiro atoms. The predicted molar refractivity (Wildman–Crippen MR) is 62.8 cm³/mol. The fraction of sp³-hybridized carbons (Fsp3) is 0.400. The van der Waals surface area contributed by atoms with Gasteiger partial charge >= 0.3 is 0 Å². The molecule has 2 rings (SSSR count). The van der Waals surface area contributed by atoms with Crippen LogP contribution < -0.4 is 0 Å². The molecule has 0 saturated carbocycles. The van der Waals surface area contributed by atoms with E-state index in [1.54, 1.807) is 0 Å². The summed E-state index contributed by atoms with van der Waals surface area (Å²) in [6.07, 6.45) is 3.90. The number of hydrogen-bond acceptors (Lipinski definition) is 3. The number of hydrogen-bond donors (Lipinski definition) is 0. The molecule has 0 aliphatic carbocycles. The first-order chi connectivity index (χ1) is 7.08. The Labute approximate surface area is 97.0 Å². The van der Waals surface area contributed by atoms with E-state index in [9.17, 15) is 0 Å². The van der Waals surface area contributed by atoms with Gasteiger partial charge in [-0.15, -0.1) is 0 Å². The van der Waals surface area contributed by atoms with Gasteiger partial charge in [-0.3, -0.25) is 0 Å². The lowest BCUT2D eigenvalue weighted by atomic mass is 10.3. The van der Waals surface area contributed by atoms with E-state index in [1.165, 1.54) is 0 Å². The molecule has 0 amide bonds. The highest BCUT2D eigenvalue weighted by molar-refractivity contribution is 9.10. The van der Waals surface area contributed by atoms with E-state index in [4.69, 9.17) is 0 Å². The molecule has 5 heteroatoms. The summed E-state index contributed by atoms with van der Waals surface area (Å²) in [7, 11) is 4.07. The molecule has 0 aliphatic rings. The van der Waals surface area contributed by atoms with Crippen LogP contribution in [0.4, 0.5) is 0 Å². The number of rotatable bonds is 2. The molecule has 0 aliphatic heterocycles. The Kier molecular flexibility index (Phi) is 2.75. The highest BCUT2D eigenvalue weighted by Gasteiger charge is 2.07. The van der Waals surface area contributed by atoms with Gasteiger partial charge in [0.2, 0.25) is 0 Å². The third-order valence-electron chi connectivity index (χ3n) is 2.13. The molecule has 0 aromatic carbocycles. The van der Waals surface area contributed by atoms with Crippen LogP contribution >= 0.6 is 15.9 Å². The van der Waals surface area contributed by atoms with Crippen LogP contribution in [0.5, 0.6) is 0 Å². The minimum Gasteiger partial charge on any atom is -0.305 e. The molecule has 0 saturated heterocycles. The molecule has 15 heavy (non-hydrogen) atoms. The standard InChI is InChI=1S/C10H13BrN4/c1-7-9(11)10-12-4-8(5-14(2)3)6-15(10)13-7/h4,6H,5H2,1-3H3. The lowest BCUT2D eigenvalue weighted by molar-refractivity contribution is 0.401. The molecule has 0 unspecified atom stereocenters. The number of nitrogens with zero attached hydrogens (tertiary/aromatic N) is 4. The van der Waals surface area contributed by atoms with Crippen molar-refractivity contribution in [2.75, 3.05) is 14.1 Å². The van der Waals surface area contributed by atoms with Crippen LogP contribution in [0, 0.1) is 6.92 Å². The van der Waals surface area contributed by atoms with Crippen molar-refractivity contribution in [3.8, 4) is 0 Å². The zero-order chi connectivity index (χ0) is 11.0. The average Bonchev–Trinajstić information content (AvgIpc) is 2.41. The van der Waals surface area contributed by atoms with Crippen LogP contribution in [-0.2, 0) is 6.54 Å². The summed E-state index contributed by atoms with van der Waals surface area (Å²) in [6.45, 7) is 2.84. The summed E-state index contributed by atoms with van der Waals surface area (Å²) in [5, 5.41) is 4.37. The molecule has 80 valence electrons. The van der Waals surface area contributed by atoms with E-state index in [-0.39, 0.29) is 0 Å². The van der Waals surface area contributed by atoms with E-state index in [1.807, 2.05) is 37.9 Å². The molecule has 2 aromatic heterocycles. The van der Waals surface area contributed by atoms with Crippen molar-refractivity contribution in [3.05, 3.63) is 28.1 Å². The monoisotopic (exact) mass is 268 g/mol. The van der Waals surface area contributed by atoms with E-state index >= 15 is 0 Å². The maximum Gasteiger partial charge on any atom is 0.169 e. The second kappa shape index (κ2) is 3.90. The van der Waals surface area contributed by atoms with E-state index in [0.29, 0.717) is 0 Å². The van der Waals surface area contributed by atoms with Crippen molar-refractivity contribution in [2.45, 2.75) is 13.5 Å². The third-order valence-corrected chi connectivity index (χ3v) is 3.06. The second-order valence-corrected chi connectivity index (χ2v) is 4.66. The molecule has 0 N–H and O–H groups in total. The predicted octanol–water partition coefficient (Wildman–Crippen LogP) is 1.86. The molecule has 0 radical (unpaired) electrons. The van der Waals surface area contributed by atoms with Gasteiger partial charge in [0, 0.05) is 24.5 Å². The molecule has 2 heterocycles. The summed E-state index contributed by atoms with van der Waals surface area (Å²) >= 11 is 3.47. The van der Waals surface area contributed by atoms with Gasteiger partial charge in [0.25, 0.3) is 0 Å². The summed E-state index contributed by atoms with van der Waals surface area (Å²) < 4.78 is 2.79. The van der Waals surface area contributed by atoms with Crippen molar-refractivity contribution in [2.24, 2.45) is 0 Å². The summed E-state index contributed by atoms with van der Waals surface area (Å²) in [6, 6.07) is 0. The Hall–Kier alpha value is -0.940. The Morgan fingerprint density at radius 2 is 2.20 bits per heavy atom. The largest absolute Gasteiger partial charge is 0.305 e. The minimum atomic E-state index is 0.870. The van der Waals surface area contributed by atoms with Gasteiger partial charge in [0.15, 0.2) is 5.65 Å². The molecular weight excluding hydrogens is 256 g/mol. The van der Waals surface area contributed by atoms with E-state index in [0.717, 1.165) is 27.9 Å². The van der Waals surface area contributed by atoms with Crippen molar-refractivity contribution in [3.63, 3.8) is 0 Å². The van der Waals surface area contributed by atoms with Crippen LogP contribution in [0.3, 0.4) is 0 Å². The van der Waals surface area contributed by atoms with Crippen LogP contribution in [0.25, 0.3) is 5.65 Å². The first-order valence-corrected chi connectivity index (χ1v) is 5.51. The Balaban J connectivity index is 2.47. The number of aromatic nitrogens is 3. The van der Waals surface area contributed by atoms with Crippen LogP contribution in [0.2, 0.25) is 0 Å². The van der Waals surface area contributed by atoms with Gasteiger partial charge in [-0.25, -0.2) is 9.50 Å². The van der Waals surface area contributed by atoms with E-state index < -0.39 is 0 Å². The Morgan fingerprint density at radius 3 is 2.87 bits per heavy atom. The van der Waals surface area contributed by atoms with Gasteiger partial charge in [-0.05, 0) is 36.9 Å².